The first-order chi connectivity index (χ1) is 15.4. The van der Waals surface area contributed by atoms with Crippen LogP contribution in [0, 0.1) is 5.41 Å². The highest BCUT2D eigenvalue weighted by Gasteiger charge is 2.45. The quantitative estimate of drug-likeness (QED) is 0.453. The van der Waals surface area contributed by atoms with Crippen molar-refractivity contribution in [3.05, 3.63) is 98.6 Å². The number of hydrogen-bond acceptors (Lipinski definition) is 3. The van der Waals surface area contributed by atoms with Gasteiger partial charge in [-0.15, -0.1) is 0 Å². The molecule has 158 valence electrons. The number of hydrogen-bond donors (Lipinski definition) is 0. The SMILES string of the molecule is CC1(C)CC(=O)C2=C(C1)n1c(=O)c3ccccc3c(=O)n1C2c1cccc2ccccc12. The Labute approximate surface area is 184 Å². The summed E-state index contributed by atoms with van der Waals surface area (Å²) in [5, 5.41) is 2.77. The Morgan fingerprint density at radius 2 is 1.38 bits per heavy atom. The summed E-state index contributed by atoms with van der Waals surface area (Å²) in [7, 11) is 0. The van der Waals surface area contributed by atoms with Gasteiger partial charge in [0.15, 0.2) is 5.78 Å². The largest absolute Gasteiger partial charge is 0.294 e. The summed E-state index contributed by atoms with van der Waals surface area (Å²) in [5.41, 5.74) is 1.33. The van der Waals surface area contributed by atoms with E-state index in [0.717, 1.165) is 16.3 Å². The number of aromatic nitrogens is 2. The normalized spacial score (nSPS) is 19.4. The number of fused-ring (bicyclic) bond motifs is 4. The first-order valence-corrected chi connectivity index (χ1v) is 10.9. The van der Waals surface area contributed by atoms with Crippen LogP contribution >= 0.6 is 0 Å². The van der Waals surface area contributed by atoms with Gasteiger partial charge in [0.2, 0.25) is 0 Å². The van der Waals surface area contributed by atoms with Crippen LogP contribution in [0.3, 0.4) is 0 Å². The molecule has 0 saturated carbocycles. The van der Waals surface area contributed by atoms with Gasteiger partial charge in [-0.3, -0.25) is 14.4 Å². The Kier molecular flexibility index (Phi) is 3.79. The number of ketones is 1. The molecule has 5 heteroatoms. The summed E-state index contributed by atoms with van der Waals surface area (Å²) in [4.78, 5) is 40.9. The van der Waals surface area contributed by atoms with Crippen molar-refractivity contribution in [2.24, 2.45) is 5.41 Å². The summed E-state index contributed by atoms with van der Waals surface area (Å²) in [6.07, 6.45) is 0.955. The highest BCUT2D eigenvalue weighted by molar-refractivity contribution is 6.05. The average molecular weight is 422 g/mol. The summed E-state index contributed by atoms with van der Waals surface area (Å²) < 4.78 is 3.02. The minimum atomic E-state index is -0.621. The zero-order chi connectivity index (χ0) is 22.2. The maximum Gasteiger partial charge on any atom is 0.277 e. The Morgan fingerprint density at radius 1 is 0.750 bits per heavy atom. The van der Waals surface area contributed by atoms with E-state index >= 15 is 0 Å². The minimum Gasteiger partial charge on any atom is -0.294 e. The van der Waals surface area contributed by atoms with Crippen molar-refractivity contribution in [2.75, 3.05) is 0 Å². The summed E-state index contributed by atoms with van der Waals surface area (Å²) in [6.45, 7) is 4.07. The van der Waals surface area contributed by atoms with Gasteiger partial charge in [0.05, 0.1) is 16.5 Å². The molecule has 0 radical (unpaired) electrons. The lowest BCUT2D eigenvalue weighted by Crippen LogP contribution is -2.37. The monoisotopic (exact) mass is 422 g/mol. The third-order valence-electron chi connectivity index (χ3n) is 6.79. The maximum absolute atomic E-state index is 13.8. The van der Waals surface area contributed by atoms with Gasteiger partial charge in [-0.2, -0.15) is 0 Å². The number of nitrogens with zero attached hydrogens (tertiary/aromatic N) is 2. The molecule has 1 aromatic heterocycles. The molecule has 0 spiro atoms. The molecule has 1 unspecified atom stereocenters. The van der Waals surface area contributed by atoms with Crippen molar-refractivity contribution in [3.8, 4) is 0 Å². The van der Waals surface area contributed by atoms with Gasteiger partial charge in [0.1, 0.15) is 6.04 Å². The molecular weight excluding hydrogens is 400 g/mol. The van der Waals surface area contributed by atoms with Crippen LogP contribution < -0.4 is 11.1 Å². The number of rotatable bonds is 1. The summed E-state index contributed by atoms with van der Waals surface area (Å²) in [5.74, 6) is 0.00763. The molecule has 1 aliphatic carbocycles. The highest BCUT2D eigenvalue weighted by atomic mass is 16.2. The number of carbonyl (C=O) groups is 1. The second kappa shape index (κ2) is 6.39. The fourth-order valence-corrected chi connectivity index (χ4v) is 5.47. The van der Waals surface area contributed by atoms with Gasteiger partial charge in [0.25, 0.3) is 11.1 Å². The minimum absolute atomic E-state index is 0.00763. The molecule has 3 aromatic carbocycles. The van der Waals surface area contributed by atoms with Crippen LogP contribution in [0.25, 0.3) is 27.2 Å². The molecule has 1 atom stereocenters. The molecule has 5 nitrogen and oxygen atoms in total. The molecule has 6 rings (SSSR count). The number of Topliss-reactive ketones (excluding diaryl/α,β-unsaturated/α-hetero) is 1. The van der Waals surface area contributed by atoms with Crippen LogP contribution in [0.4, 0.5) is 0 Å². The van der Waals surface area contributed by atoms with Gasteiger partial charge in [-0.05, 0) is 40.3 Å². The molecule has 0 N–H and O–H groups in total. The van der Waals surface area contributed by atoms with E-state index in [9.17, 15) is 14.4 Å². The molecule has 0 amide bonds. The Bertz CT molecular complexity index is 1610. The van der Waals surface area contributed by atoms with E-state index in [4.69, 9.17) is 0 Å². The fraction of sp³-hybridized carbons (Fsp3) is 0.222. The number of benzene rings is 3. The number of allylic oxidation sites excluding steroid dienone is 2. The van der Waals surface area contributed by atoms with Gasteiger partial charge < -0.3 is 0 Å². The third-order valence-corrected chi connectivity index (χ3v) is 6.79. The van der Waals surface area contributed by atoms with Crippen LogP contribution in [0.2, 0.25) is 0 Å². The Balaban J connectivity index is 1.79. The Hall–Kier alpha value is -3.73. The van der Waals surface area contributed by atoms with Crippen molar-refractivity contribution in [2.45, 2.75) is 32.7 Å². The van der Waals surface area contributed by atoms with Crippen molar-refractivity contribution >= 4 is 33.0 Å². The van der Waals surface area contributed by atoms with Crippen molar-refractivity contribution in [1.82, 2.24) is 9.36 Å². The van der Waals surface area contributed by atoms with Crippen molar-refractivity contribution < 1.29 is 4.79 Å². The van der Waals surface area contributed by atoms with Gasteiger partial charge in [-0.1, -0.05) is 68.4 Å². The van der Waals surface area contributed by atoms with Gasteiger partial charge >= 0.3 is 0 Å². The first-order valence-electron chi connectivity index (χ1n) is 10.9. The van der Waals surface area contributed by atoms with Crippen LogP contribution in [0.1, 0.15) is 38.3 Å². The van der Waals surface area contributed by atoms with E-state index in [1.807, 2.05) is 56.3 Å². The van der Waals surface area contributed by atoms with E-state index in [2.05, 4.69) is 0 Å². The molecule has 1 aliphatic heterocycles. The molecule has 0 bridgehead atoms. The lowest BCUT2D eigenvalue weighted by atomic mass is 9.74. The lowest BCUT2D eigenvalue weighted by molar-refractivity contribution is -0.118. The second-order valence-corrected chi connectivity index (χ2v) is 9.58. The summed E-state index contributed by atoms with van der Waals surface area (Å²) in [6, 6.07) is 20.2. The standard InChI is InChI=1S/C27H22N2O3/c1-27(2)14-21-23(22(30)15-27)24(18-13-7-9-16-8-3-4-10-17(16)18)29-26(32)20-12-6-5-11-19(20)25(31)28(21)29/h3-13,24H,14-15H2,1-2H3. The molecule has 4 aromatic rings. The predicted octanol–water partition coefficient (Wildman–Crippen LogP) is 4.52. The molecule has 0 fully saturated rings. The lowest BCUT2D eigenvalue weighted by Gasteiger charge is -2.30. The third kappa shape index (κ3) is 2.48. The zero-order valence-corrected chi connectivity index (χ0v) is 18.0. The van der Waals surface area contributed by atoms with Gasteiger partial charge in [0, 0.05) is 12.0 Å². The fourth-order valence-electron chi connectivity index (χ4n) is 5.47. The van der Waals surface area contributed by atoms with Crippen LogP contribution in [-0.4, -0.2) is 15.1 Å². The first kappa shape index (κ1) is 19.0. The zero-order valence-electron chi connectivity index (χ0n) is 18.0. The van der Waals surface area contributed by atoms with Crippen LogP contribution in [0.5, 0.6) is 0 Å². The van der Waals surface area contributed by atoms with E-state index in [1.165, 1.54) is 9.36 Å². The molecule has 2 aliphatic rings. The summed E-state index contributed by atoms with van der Waals surface area (Å²) >= 11 is 0. The van der Waals surface area contributed by atoms with E-state index < -0.39 is 6.04 Å². The van der Waals surface area contributed by atoms with Crippen LogP contribution in [0.15, 0.2) is 81.9 Å². The van der Waals surface area contributed by atoms with Crippen LogP contribution in [-0.2, 0) is 4.79 Å². The predicted molar refractivity (Wildman–Crippen MR) is 126 cm³/mol. The second-order valence-electron chi connectivity index (χ2n) is 9.58. The molecule has 0 saturated heterocycles. The molecule has 2 heterocycles. The molecule has 32 heavy (non-hydrogen) atoms. The highest BCUT2D eigenvalue weighted by Crippen LogP contribution is 2.47. The van der Waals surface area contributed by atoms with Crippen molar-refractivity contribution in [3.63, 3.8) is 0 Å². The van der Waals surface area contributed by atoms with Crippen molar-refractivity contribution in [1.29, 1.82) is 0 Å². The molecular formula is C27H22N2O3. The number of carbonyl (C=O) groups excluding carboxylic acids is 1. The van der Waals surface area contributed by atoms with E-state index in [1.54, 1.807) is 24.3 Å². The Morgan fingerprint density at radius 3 is 2.12 bits per heavy atom. The maximum atomic E-state index is 13.8. The topological polar surface area (TPSA) is 61.1 Å². The van der Waals surface area contributed by atoms with E-state index in [0.29, 0.717) is 34.9 Å². The smallest absolute Gasteiger partial charge is 0.277 e. The van der Waals surface area contributed by atoms with Gasteiger partial charge in [-0.25, -0.2) is 9.36 Å². The van der Waals surface area contributed by atoms with E-state index in [-0.39, 0.29) is 22.3 Å². The average Bonchev–Trinajstić information content (AvgIpc) is 3.11.